The maximum absolute atomic E-state index is 12.0. The van der Waals surface area contributed by atoms with Gasteiger partial charge in [0, 0.05) is 12.8 Å². The minimum absolute atomic E-state index is 0.111. The minimum Gasteiger partial charge on any atom is -0.480 e. The van der Waals surface area contributed by atoms with Gasteiger partial charge < -0.3 is 30.0 Å². The predicted octanol–water partition coefficient (Wildman–Crippen LogP) is 5.63. The number of carbonyl (C=O) groups excluding carboxylic acids is 3. The maximum atomic E-state index is 12.0. The monoisotopic (exact) mass is 773 g/mol. The molecule has 0 saturated carbocycles. The van der Waals surface area contributed by atoms with Crippen LogP contribution in [0.3, 0.4) is 0 Å². The molecular weight excluding hydrogens is 731 g/mol. The van der Waals surface area contributed by atoms with E-state index in [9.17, 15) is 23.6 Å². The van der Waals surface area contributed by atoms with Crippen molar-refractivity contribution in [2.75, 3.05) is 19.1 Å². The molecule has 2 rings (SSSR count). The van der Waals surface area contributed by atoms with E-state index in [2.05, 4.69) is 26.6 Å². The molecule has 0 aliphatic rings. The van der Waals surface area contributed by atoms with Crippen molar-refractivity contribution in [2.45, 2.75) is 77.7 Å². The molecule has 0 aliphatic heterocycles. The number of esters is 1. The highest BCUT2D eigenvalue weighted by molar-refractivity contribution is 9.09. The van der Waals surface area contributed by atoms with Crippen LogP contribution in [-0.2, 0) is 36.6 Å². The third-order valence-electron chi connectivity index (χ3n) is 5.35. The smallest absolute Gasteiger partial charge is 0.408 e. The summed E-state index contributed by atoms with van der Waals surface area (Å²) in [5, 5.41) is 48.0. The molecule has 0 fully saturated rings. The standard InChI is InChI=1S/C17H19N3O4.C15H18N2O4.C2H2BrN.CH3F/c1-17(2,3)24-16(22)20-14(15(21)23-9-8-18)10-12-4-6-13(11-19)7-5-12;1-15(2,3)21-14(20)17-12(13(18)19)8-10-4-6-11(9-16)7-5-10;3-1-2-4;1-2/h4-7,14H,9-10H2,1-3H3,(H,20,22);4-7,12H,8H2,1-3H3,(H,17,20)(H,18,19);1H2;1H3/t14-;12-;;/m00../s1/i;;;1D. The molecule has 2 aromatic carbocycles. The van der Waals surface area contributed by atoms with Gasteiger partial charge in [-0.1, -0.05) is 40.2 Å². The number of carboxylic acids is 1. The molecule has 0 bridgehead atoms. The van der Waals surface area contributed by atoms with Gasteiger partial charge in [-0.15, -0.1) is 0 Å². The highest BCUT2D eigenvalue weighted by Gasteiger charge is 2.26. The Morgan fingerprint density at radius 1 is 0.784 bits per heavy atom. The van der Waals surface area contributed by atoms with Gasteiger partial charge in [0.2, 0.25) is 0 Å². The molecule has 0 unspecified atom stereocenters. The Hall–Kier alpha value is -5.71. The molecule has 0 aliphatic carbocycles. The second-order valence-electron chi connectivity index (χ2n) is 11.8. The number of carboxylic acid groups (broad SMARTS) is 1. The molecule has 2 amide bonds. The van der Waals surface area contributed by atoms with Crippen LogP contribution in [0.4, 0.5) is 14.0 Å². The Morgan fingerprint density at radius 2 is 1.14 bits per heavy atom. The Labute approximate surface area is 307 Å². The predicted molar refractivity (Wildman–Crippen MR) is 187 cm³/mol. The number of nitriles is 4. The van der Waals surface area contributed by atoms with Crippen molar-refractivity contribution in [3.63, 3.8) is 0 Å². The zero-order valence-corrected chi connectivity index (χ0v) is 30.7. The highest BCUT2D eigenvalue weighted by atomic mass is 79.9. The normalized spacial score (nSPS) is 11.2. The summed E-state index contributed by atoms with van der Waals surface area (Å²) >= 11 is 2.89. The van der Waals surface area contributed by atoms with Gasteiger partial charge in [0.15, 0.2) is 6.61 Å². The van der Waals surface area contributed by atoms with E-state index in [1.165, 1.54) is 0 Å². The van der Waals surface area contributed by atoms with Crippen molar-refractivity contribution < 1.29 is 44.3 Å². The summed E-state index contributed by atoms with van der Waals surface area (Å²) in [7, 11) is -1.00. The highest BCUT2D eigenvalue weighted by Crippen LogP contribution is 2.12. The van der Waals surface area contributed by atoms with Gasteiger partial charge in [-0.3, -0.25) is 4.39 Å². The van der Waals surface area contributed by atoms with E-state index in [1.807, 2.05) is 18.2 Å². The lowest BCUT2D eigenvalue weighted by atomic mass is 10.0. The molecule has 274 valence electrons. The van der Waals surface area contributed by atoms with Crippen LogP contribution in [0.1, 0.15) is 65.2 Å². The molecule has 51 heavy (non-hydrogen) atoms. The number of rotatable bonds is 9. The summed E-state index contributed by atoms with van der Waals surface area (Å²) in [5.74, 6) is -1.88. The molecule has 14 nitrogen and oxygen atoms in total. The molecule has 0 radical (unpaired) electrons. The van der Waals surface area contributed by atoms with Crippen LogP contribution in [-0.4, -0.2) is 71.6 Å². The van der Waals surface area contributed by atoms with Crippen LogP contribution in [0, 0.1) is 45.3 Å². The number of nitrogens with one attached hydrogen (secondary N) is 2. The lowest BCUT2D eigenvalue weighted by Gasteiger charge is -2.22. The summed E-state index contributed by atoms with van der Waals surface area (Å²) in [5.41, 5.74) is 1.01. The number of aliphatic carboxylic acids is 1. The Kier molecular flexibility index (Phi) is 22.5. The van der Waals surface area contributed by atoms with Gasteiger partial charge in [-0.2, -0.15) is 21.0 Å². The van der Waals surface area contributed by atoms with E-state index >= 15 is 0 Å². The van der Waals surface area contributed by atoms with Gasteiger partial charge in [0.1, 0.15) is 29.4 Å². The number of carbonyl (C=O) groups is 4. The van der Waals surface area contributed by atoms with Crippen molar-refractivity contribution in [2.24, 2.45) is 0 Å². The molecule has 2 aromatic rings. The number of halogens is 2. The van der Waals surface area contributed by atoms with Crippen molar-refractivity contribution in [3.05, 3.63) is 70.8 Å². The topological polar surface area (TPSA) is 235 Å². The van der Waals surface area contributed by atoms with E-state index in [-0.39, 0.29) is 12.8 Å². The van der Waals surface area contributed by atoms with Crippen LogP contribution in [0.5, 0.6) is 0 Å². The summed E-state index contributed by atoms with van der Waals surface area (Å²) in [6, 6.07) is 18.5. The summed E-state index contributed by atoms with van der Waals surface area (Å²) in [6.45, 7) is 9.80. The lowest BCUT2D eigenvalue weighted by Crippen LogP contribution is -2.45. The number of hydrogen-bond donors (Lipinski definition) is 3. The average Bonchev–Trinajstić information content (AvgIpc) is 3.06. The van der Waals surface area contributed by atoms with Gasteiger partial charge >= 0.3 is 24.1 Å². The van der Waals surface area contributed by atoms with Gasteiger partial charge in [0.25, 0.3) is 0 Å². The third-order valence-corrected chi connectivity index (χ3v) is 5.60. The van der Waals surface area contributed by atoms with Crippen LogP contribution < -0.4 is 10.6 Å². The Morgan fingerprint density at radius 3 is 1.43 bits per heavy atom. The number of alkyl carbamates (subject to hydrolysis) is 2. The summed E-state index contributed by atoms with van der Waals surface area (Å²) < 4.78 is 30.4. The quantitative estimate of drug-likeness (QED) is 0.160. The van der Waals surface area contributed by atoms with E-state index in [0.29, 0.717) is 22.0 Å². The minimum atomic E-state index is -1.15. The van der Waals surface area contributed by atoms with Crippen LogP contribution in [0.2, 0.25) is 0 Å². The molecule has 16 heteroatoms. The number of hydrogen-bond acceptors (Lipinski definition) is 11. The first-order valence-electron chi connectivity index (χ1n) is 15.5. The summed E-state index contributed by atoms with van der Waals surface area (Å²) in [6.07, 6.45) is -1.27. The van der Waals surface area contributed by atoms with E-state index in [0.717, 1.165) is 5.56 Å². The lowest BCUT2D eigenvalue weighted by molar-refractivity contribution is -0.144. The van der Waals surface area contributed by atoms with Crippen molar-refractivity contribution in [3.8, 4) is 24.3 Å². The fourth-order valence-corrected chi connectivity index (χ4v) is 3.40. The average molecular weight is 775 g/mol. The van der Waals surface area contributed by atoms with Crippen molar-refractivity contribution in [1.82, 2.24) is 10.6 Å². The molecule has 2 atom stereocenters. The van der Waals surface area contributed by atoms with E-state index in [4.69, 9.17) is 41.7 Å². The van der Waals surface area contributed by atoms with Crippen LogP contribution in [0.15, 0.2) is 48.5 Å². The second-order valence-corrected chi connectivity index (χ2v) is 12.4. The third kappa shape index (κ3) is 24.1. The number of amides is 2. The first-order valence-corrected chi connectivity index (χ1v) is 15.9. The molecule has 0 spiro atoms. The largest absolute Gasteiger partial charge is 0.480 e. The van der Waals surface area contributed by atoms with Gasteiger partial charge in [0.05, 0.1) is 43.2 Å². The Balaban J connectivity index is 0. The van der Waals surface area contributed by atoms with E-state index in [1.54, 1.807) is 96.1 Å². The first kappa shape index (κ1) is 45.3. The zero-order valence-electron chi connectivity index (χ0n) is 30.2. The SMILES string of the molecule is CC(C)(C)OC(=O)N[C@@H](Cc1ccc(C#N)cc1)C(=O)O.CC(C)(C)OC(=O)N[C@@H](Cc1ccc(C#N)cc1)C(=O)OCC#N.N#CCBr.[2H]CF. The van der Waals surface area contributed by atoms with Crippen LogP contribution >= 0.6 is 15.9 Å². The fourth-order valence-electron chi connectivity index (χ4n) is 3.40. The number of benzene rings is 2. The van der Waals surface area contributed by atoms with E-state index < -0.39 is 61.2 Å². The maximum Gasteiger partial charge on any atom is 0.408 e. The second kappa shape index (κ2) is 25.3. The molecule has 0 aromatic heterocycles. The molecular formula is C35H42BrFN6O8. The number of ether oxygens (including phenoxy) is 3. The van der Waals surface area contributed by atoms with Crippen LogP contribution in [0.25, 0.3) is 0 Å². The molecule has 3 N–H and O–H groups in total. The number of alkyl halides is 2. The van der Waals surface area contributed by atoms with Crippen molar-refractivity contribution >= 4 is 40.1 Å². The molecule has 0 saturated heterocycles. The van der Waals surface area contributed by atoms with Gasteiger partial charge in [-0.05, 0) is 76.9 Å². The molecule has 0 heterocycles. The van der Waals surface area contributed by atoms with Gasteiger partial charge in [-0.25, -0.2) is 19.2 Å². The zero-order chi connectivity index (χ0) is 40.3. The number of nitrogens with zero attached hydrogens (tertiary/aromatic N) is 4. The summed E-state index contributed by atoms with van der Waals surface area (Å²) in [4.78, 5) is 46.8. The fraction of sp³-hybridized carbons (Fsp3) is 0.429. The van der Waals surface area contributed by atoms with Crippen molar-refractivity contribution in [1.29, 1.82) is 21.0 Å². The first-order chi connectivity index (χ1) is 24.3. The Bertz CT molecular complexity index is 1590.